The van der Waals surface area contributed by atoms with Crippen molar-refractivity contribution in [3.05, 3.63) is 259 Å². The van der Waals surface area contributed by atoms with Crippen LogP contribution in [0.15, 0.2) is 237 Å². The Labute approximate surface area is 399 Å². The van der Waals surface area contributed by atoms with E-state index in [1.54, 1.807) is 0 Å². The molecule has 0 saturated heterocycles. The lowest BCUT2D eigenvalue weighted by atomic mass is 9.70. The summed E-state index contributed by atoms with van der Waals surface area (Å²) in [5.74, 6) is 0.640. The van der Waals surface area contributed by atoms with Gasteiger partial charge in [-0.15, -0.1) is 0 Å². The molecule has 0 N–H and O–H groups in total. The van der Waals surface area contributed by atoms with Gasteiger partial charge in [0.1, 0.15) is 0 Å². The molecule has 1 spiro atoms. The molecule has 0 amide bonds. The Morgan fingerprint density at radius 2 is 0.797 bits per heavy atom. The Kier molecular flexibility index (Phi) is 8.73. The van der Waals surface area contributed by atoms with E-state index in [1.165, 1.54) is 49.9 Å². The van der Waals surface area contributed by atoms with Gasteiger partial charge in [0.2, 0.25) is 0 Å². The van der Waals surface area contributed by atoms with Crippen LogP contribution in [0.2, 0.25) is 0 Å². The molecule has 0 unspecified atom stereocenters. The molecule has 320 valence electrons. The van der Waals surface area contributed by atoms with Crippen LogP contribution in [0.25, 0.3) is 111 Å². The number of nitrogens with zero attached hydrogens (tertiary/aromatic N) is 5. The highest BCUT2D eigenvalue weighted by Gasteiger charge is 2.52. The van der Waals surface area contributed by atoms with Crippen LogP contribution in [0.1, 0.15) is 22.3 Å². The lowest BCUT2D eigenvalue weighted by molar-refractivity contribution is 0.794. The Morgan fingerprint density at radius 3 is 1.41 bits per heavy atom. The Morgan fingerprint density at radius 1 is 0.304 bits per heavy atom. The summed E-state index contributed by atoms with van der Waals surface area (Å²) in [5, 5.41) is 3.46. The summed E-state index contributed by atoms with van der Waals surface area (Å²) < 4.78 is 0. The van der Waals surface area contributed by atoms with E-state index in [0.29, 0.717) is 5.82 Å². The number of pyridine rings is 3. The van der Waals surface area contributed by atoms with Gasteiger partial charge in [-0.3, -0.25) is 9.97 Å². The van der Waals surface area contributed by atoms with Crippen LogP contribution < -0.4 is 0 Å². The van der Waals surface area contributed by atoms with Crippen molar-refractivity contribution >= 4 is 21.7 Å². The minimum absolute atomic E-state index is 0.448. The number of aromatic nitrogens is 5. The molecular formula is C64H39N5. The predicted molar refractivity (Wildman–Crippen MR) is 279 cm³/mol. The topological polar surface area (TPSA) is 64.5 Å². The van der Waals surface area contributed by atoms with Crippen molar-refractivity contribution in [1.82, 2.24) is 24.9 Å². The van der Waals surface area contributed by atoms with E-state index >= 15 is 0 Å². The standard InChI is InChI=1S/C64H39N5/c1-5-16-53-48(12-1)49-13-2-6-17-54(49)64(53)55-18-7-3-14-50(55)61-56(64)29-28-52-60(61)51-15-4-8-19-57(51)67-62(52)46-10-9-11-47(38-46)63-68-58(44-24-20-40(21-25-44)42-30-34-65-35-31-42)39-59(69-63)45-26-22-41(23-27-45)43-32-36-66-37-33-43/h1-39H. The van der Waals surface area contributed by atoms with Crippen LogP contribution in [-0.2, 0) is 5.41 Å². The van der Waals surface area contributed by atoms with Crippen LogP contribution >= 0.6 is 0 Å². The molecule has 2 aliphatic rings. The summed E-state index contributed by atoms with van der Waals surface area (Å²) in [6.45, 7) is 0. The van der Waals surface area contributed by atoms with E-state index < -0.39 is 5.41 Å². The summed E-state index contributed by atoms with van der Waals surface area (Å²) in [7, 11) is 0. The number of fused-ring (bicyclic) bond motifs is 14. The highest BCUT2D eigenvalue weighted by atomic mass is 14.9. The largest absolute Gasteiger partial charge is 0.265 e. The molecule has 4 heterocycles. The van der Waals surface area contributed by atoms with Crippen molar-refractivity contribution in [2.24, 2.45) is 0 Å². The van der Waals surface area contributed by atoms with E-state index in [-0.39, 0.29) is 0 Å². The van der Waals surface area contributed by atoms with E-state index in [4.69, 9.17) is 15.0 Å². The zero-order valence-corrected chi connectivity index (χ0v) is 37.3. The summed E-state index contributed by atoms with van der Waals surface area (Å²) >= 11 is 0. The molecule has 0 aliphatic heterocycles. The van der Waals surface area contributed by atoms with Crippen LogP contribution in [0.5, 0.6) is 0 Å². The monoisotopic (exact) mass is 877 g/mol. The molecular weight excluding hydrogens is 839 g/mol. The third-order valence-electron chi connectivity index (χ3n) is 14.3. The highest BCUT2D eigenvalue weighted by molar-refractivity contribution is 6.20. The van der Waals surface area contributed by atoms with Gasteiger partial charge in [-0.05, 0) is 109 Å². The number of hydrogen-bond donors (Lipinski definition) is 0. The molecule has 5 heteroatoms. The summed E-state index contributed by atoms with van der Waals surface area (Å²) in [6.07, 6.45) is 7.30. The smallest absolute Gasteiger partial charge is 0.160 e. The average Bonchev–Trinajstić information content (AvgIpc) is 3.91. The second-order valence-electron chi connectivity index (χ2n) is 17.9. The van der Waals surface area contributed by atoms with Gasteiger partial charge in [-0.1, -0.05) is 170 Å². The molecule has 0 atom stereocenters. The summed E-state index contributed by atoms with van der Waals surface area (Å²) in [5.41, 5.74) is 21.9. The first kappa shape index (κ1) is 39.0. The zero-order valence-electron chi connectivity index (χ0n) is 37.3. The fourth-order valence-electron chi connectivity index (χ4n) is 11.3. The second-order valence-corrected chi connectivity index (χ2v) is 17.9. The van der Waals surface area contributed by atoms with E-state index in [2.05, 4.69) is 198 Å². The Bertz CT molecular complexity index is 3850. The van der Waals surface area contributed by atoms with Gasteiger partial charge in [0, 0.05) is 63.2 Å². The second kappa shape index (κ2) is 15.4. The first-order valence-electron chi connectivity index (χ1n) is 23.4. The van der Waals surface area contributed by atoms with Crippen LogP contribution in [0.3, 0.4) is 0 Å². The van der Waals surface area contributed by atoms with E-state index in [1.807, 2.05) is 49.1 Å². The van der Waals surface area contributed by atoms with Crippen molar-refractivity contribution < 1.29 is 0 Å². The van der Waals surface area contributed by atoms with E-state index in [0.717, 1.165) is 77.9 Å². The van der Waals surface area contributed by atoms with Gasteiger partial charge in [0.05, 0.1) is 28.0 Å². The van der Waals surface area contributed by atoms with Crippen LogP contribution in [0, 0.1) is 0 Å². The van der Waals surface area contributed by atoms with Crippen molar-refractivity contribution in [2.75, 3.05) is 0 Å². The van der Waals surface area contributed by atoms with Crippen LogP contribution in [-0.4, -0.2) is 24.9 Å². The molecule has 0 saturated carbocycles. The van der Waals surface area contributed by atoms with Gasteiger partial charge in [0.25, 0.3) is 0 Å². The van der Waals surface area contributed by atoms with Crippen molar-refractivity contribution in [3.8, 4) is 89.7 Å². The number of benzene rings is 8. The third kappa shape index (κ3) is 6.00. The Hall–Kier alpha value is -9.19. The highest BCUT2D eigenvalue weighted by Crippen LogP contribution is 2.64. The van der Waals surface area contributed by atoms with Gasteiger partial charge < -0.3 is 0 Å². The van der Waals surface area contributed by atoms with Crippen molar-refractivity contribution in [2.45, 2.75) is 5.41 Å². The molecule has 0 fully saturated rings. The lowest BCUT2D eigenvalue weighted by Crippen LogP contribution is -2.25. The SMILES string of the molecule is c1cc(-c2nc(-c3ccc(-c4ccncc4)cc3)cc(-c3ccc(-c4ccncc4)cc3)n2)cc(-c2nc3ccccc3c3c4c(ccc23)C2(c3ccccc3-c3ccccc32)c2ccccc2-4)c1. The quantitative estimate of drug-likeness (QED) is 0.156. The average molecular weight is 878 g/mol. The number of para-hydroxylation sites is 1. The Balaban J connectivity index is 0.951. The number of hydrogen-bond acceptors (Lipinski definition) is 5. The predicted octanol–water partition coefficient (Wildman–Crippen LogP) is 15.3. The molecule has 2 aliphatic carbocycles. The zero-order chi connectivity index (χ0) is 45.5. The minimum Gasteiger partial charge on any atom is -0.265 e. The van der Waals surface area contributed by atoms with Gasteiger partial charge in [-0.2, -0.15) is 0 Å². The minimum atomic E-state index is -0.448. The van der Waals surface area contributed by atoms with Crippen molar-refractivity contribution in [1.29, 1.82) is 0 Å². The van der Waals surface area contributed by atoms with Gasteiger partial charge in [0.15, 0.2) is 5.82 Å². The maximum absolute atomic E-state index is 5.50. The molecule has 14 rings (SSSR count). The summed E-state index contributed by atoms with van der Waals surface area (Å²) in [6, 6.07) is 76.4. The van der Waals surface area contributed by atoms with Gasteiger partial charge >= 0.3 is 0 Å². The first-order chi connectivity index (χ1) is 34.2. The molecule has 12 aromatic rings. The molecule has 4 aromatic heterocycles. The van der Waals surface area contributed by atoms with E-state index in [9.17, 15) is 0 Å². The number of rotatable bonds is 6. The molecule has 0 radical (unpaired) electrons. The van der Waals surface area contributed by atoms with Gasteiger partial charge in [-0.25, -0.2) is 15.0 Å². The molecule has 0 bridgehead atoms. The van der Waals surface area contributed by atoms with Crippen LogP contribution in [0.4, 0.5) is 0 Å². The third-order valence-corrected chi connectivity index (χ3v) is 14.3. The first-order valence-corrected chi connectivity index (χ1v) is 23.4. The summed E-state index contributed by atoms with van der Waals surface area (Å²) in [4.78, 5) is 24.6. The van der Waals surface area contributed by atoms with Crippen molar-refractivity contribution in [3.63, 3.8) is 0 Å². The fourth-order valence-corrected chi connectivity index (χ4v) is 11.3. The normalized spacial score (nSPS) is 12.8. The molecule has 8 aromatic carbocycles. The maximum Gasteiger partial charge on any atom is 0.160 e. The maximum atomic E-state index is 5.50. The lowest BCUT2D eigenvalue weighted by Gasteiger charge is -2.30. The molecule has 5 nitrogen and oxygen atoms in total. The fraction of sp³-hybridized carbons (Fsp3) is 0.0156. The molecule has 69 heavy (non-hydrogen) atoms.